The molecule has 3 rings (SSSR count). The molecule has 0 radical (unpaired) electrons. The minimum absolute atomic E-state index is 0.0326. The molecular formula is C17H15NO2S. The van der Waals surface area contributed by atoms with Gasteiger partial charge in [-0.2, -0.15) is 0 Å². The molecule has 0 N–H and O–H groups in total. The maximum Gasteiger partial charge on any atom is 0.264 e. The molecule has 0 spiro atoms. The lowest BCUT2D eigenvalue weighted by atomic mass is 10.2. The smallest absolute Gasteiger partial charge is 0.264 e. The van der Waals surface area contributed by atoms with Gasteiger partial charge >= 0.3 is 0 Å². The molecule has 0 atom stereocenters. The van der Waals surface area contributed by atoms with E-state index in [1.165, 1.54) is 11.3 Å². The topological polar surface area (TPSA) is 33.5 Å². The minimum Gasteiger partial charge on any atom is -0.467 e. The lowest BCUT2D eigenvalue weighted by molar-refractivity contribution is 0.0722. The minimum atomic E-state index is 0.0326. The third kappa shape index (κ3) is 3.41. The fourth-order valence-electron chi connectivity index (χ4n) is 2.15. The zero-order chi connectivity index (χ0) is 14.5. The van der Waals surface area contributed by atoms with Crippen LogP contribution in [0.1, 0.15) is 21.0 Å². The number of amides is 1. The van der Waals surface area contributed by atoms with Gasteiger partial charge < -0.3 is 9.32 Å². The fourth-order valence-corrected chi connectivity index (χ4v) is 2.84. The van der Waals surface area contributed by atoms with E-state index in [1.807, 2.05) is 60.0 Å². The molecule has 21 heavy (non-hydrogen) atoms. The largest absolute Gasteiger partial charge is 0.467 e. The molecule has 0 fully saturated rings. The summed E-state index contributed by atoms with van der Waals surface area (Å²) in [5, 5.41) is 1.92. The molecule has 2 aromatic heterocycles. The summed E-state index contributed by atoms with van der Waals surface area (Å²) in [6.45, 7) is 1.04. The first-order chi connectivity index (χ1) is 10.3. The van der Waals surface area contributed by atoms with Crippen molar-refractivity contribution in [1.29, 1.82) is 0 Å². The molecule has 1 amide bonds. The molecule has 0 aliphatic carbocycles. The average Bonchev–Trinajstić information content (AvgIpc) is 3.20. The number of hydrogen-bond acceptors (Lipinski definition) is 3. The molecule has 4 heteroatoms. The van der Waals surface area contributed by atoms with Crippen molar-refractivity contribution in [1.82, 2.24) is 4.90 Å². The van der Waals surface area contributed by atoms with Crippen LogP contribution in [0, 0.1) is 0 Å². The predicted molar refractivity (Wildman–Crippen MR) is 83.0 cm³/mol. The summed E-state index contributed by atoms with van der Waals surface area (Å²) in [4.78, 5) is 15.2. The van der Waals surface area contributed by atoms with E-state index in [9.17, 15) is 4.79 Å². The lowest BCUT2D eigenvalue weighted by Gasteiger charge is -2.21. The normalized spacial score (nSPS) is 10.5. The van der Waals surface area contributed by atoms with Crippen LogP contribution < -0.4 is 0 Å². The van der Waals surface area contributed by atoms with E-state index in [0.717, 1.165) is 16.2 Å². The molecule has 0 bridgehead atoms. The highest BCUT2D eigenvalue weighted by Crippen LogP contribution is 2.17. The molecule has 0 saturated heterocycles. The van der Waals surface area contributed by atoms with Crippen molar-refractivity contribution in [2.24, 2.45) is 0 Å². The number of carbonyl (C=O) groups excluding carboxylic acids is 1. The van der Waals surface area contributed by atoms with Gasteiger partial charge in [0.15, 0.2) is 0 Å². The molecular weight excluding hydrogens is 282 g/mol. The number of furan rings is 1. The van der Waals surface area contributed by atoms with Crippen molar-refractivity contribution in [3.05, 3.63) is 82.4 Å². The summed E-state index contributed by atoms with van der Waals surface area (Å²) in [5.74, 6) is 0.820. The number of hydrogen-bond donors (Lipinski definition) is 0. The van der Waals surface area contributed by atoms with Crippen molar-refractivity contribution in [3.8, 4) is 0 Å². The van der Waals surface area contributed by atoms with E-state index in [4.69, 9.17) is 4.42 Å². The van der Waals surface area contributed by atoms with Gasteiger partial charge in [0.25, 0.3) is 5.91 Å². The summed E-state index contributed by atoms with van der Waals surface area (Å²) in [6.07, 6.45) is 1.63. The molecule has 2 heterocycles. The van der Waals surface area contributed by atoms with Gasteiger partial charge in [-0.25, -0.2) is 0 Å². The summed E-state index contributed by atoms with van der Waals surface area (Å²) in [6, 6.07) is 17.5. The second-order valence-electron chi connectivity index (χ2n) is 4.70. The first-order valence-electron chi connectivity index (χ1n) is 6.72. The molecule has 0 unspecified atom stereocenters. The Morgan fingerprint density at radius 1 is 1.00 bits per heavy atom. The number of rotatable bonds is 5. The van der Waals surface area contributed by atoms with Crippen molar-refractivity contribution in [2.45, 2.75) is 13.1 Å². The number of thiophene rings is 1. The zero-order valence-corrected chi connectivity index (χ0v) is 12.3. The van der Waals surface area contributed by atoms with Gasteiger partial charge in [-0.1, -0.05) is 36.4 Å². The quantitative estimate of drug-likeness (QED) is 0.707. The highest BCUT2D eigenvalue weighted by molar-refractivity contribution is 7.12. The van der Waals surface area contributed by atoms with Crippen molar-refractivity contribution in [3.63, 3.8) is 0 Å². The number of carbonyl (C=O) groups is 1. The Hall–Kier alpha value is -2.33. The van der Waals surface area contributed by atoms with Gasteiger partial charge in [0, 0.05) is 6.54 Å². The van der Waals surface area contributed by atoms with E-state index < -0.39 is 0 Å². The Morgan fingerprint density at radius 2 is 1.86 bits per heavy atom. The van der Waals surface area contributed by atoms with Crippen molar-refractivity contribution in [2.75, 3.05) is 0 Å². The highest BCUT2D eigenvalue weighted by atomic mass is 32.1. The maximum atomic E-state index is 12.6. The SMILES string of the molecule is O=C(c1cccs1)N(Cc1ccccc1)Cc1ccco1. The Bertz CT molecular complexity index is 675. The van der Waals surface area contributed by atoms with Gasteiger partial charge in [0.2, 0.25) is 0 Å². The van der Waals surface area contributed by atoms with Crippen LogP contribution in [0.2, 0.25) is 0 Å². The highest BCUT2D eigenvalue weighted by Gasteiger charge is 2.18. The summed E-state index contributed by atoms with van der Waals surface area (Å²) in [5.41, 5.74) is 1.11. The van der Waals surface area contributed by atoms with Crippen molar-refractivity contribution >= 4 is 17.2 Å². The van der Waals surface area contributed by atoms with Gasteiger partial charge in [0.05, 0.1) is 17.7 Å². The molecule has 1 aromatic carbocycles. The molecule has 0 aliphatic heterocycles. The van der Waals surface area contributed by atoms with Crippen LogP contribution in [0.4, 0.5) is 0 Å². The fraction of sp³-hybridized carbons (Fsp3) is 0.118. The molecule has 0 aliphatic rings. The van der Waals surface area contributed by atoms with E-state index in [-0.39, 0.29) is 5.91 Å². The van der Waals surface area contributed by atoms with E-state index in [0.29, 0.717) is 13.1 Å². The summed E-state index contributed by atoms with van der Waals surface area (Å²) < 4.78 is 5.38. The Kier molecular flexibility index (Phi) is 4.17. The van der Waals surface area contributed by atoms with E-state index >= 15 is 0 Å². The van der Waals surface area contributed by atoms with Gasteiger partial charge in [-0.15, -0.1) is 11.3 Å². The van der Waals surface area contributed by atoms with Crippen LogP contribution in [0.3, 0.4) is 0 Å². The van der Waals surface area contributed by atoms with Gasteiger partial charge in [-0.05, 0) is 29.1 Å². The second kappa shape index (κ2) is 6.41. The van der Waals surface area contributed by atoms with Crippen LogP contribution >= 0.6 is 11.3 Å². The van der Waals surface area contributed by atoms with E-state index in [2.05, 4.69) is 0 Å². The second-order valence-corrected chi connectivity index (χ2v) is 5.65. The monoisotopic (exact) mass is 297 g/mol. The number of nitrogens with zero attached hydrogens (tertiary/aromatic N) is 1. The third-order valence-electron chi connectivity index (χ3n) is 3.16. The Morgan fingerprint density at radius 3 is 2.52 bits per heavy atom. The molecule has 3 nitrogen and oxygen atoms in total. The van der Waals surface area contributed by atoms with E-state index in [1.54, 1.807) is 11.2 Å². The van der Waals surface area contributed by atoms with Crippen molar-refractivity contribution < 1.29 is 9.21 Å². The average molecular weight is 297 g/mol. The Labute approximate surface area is 127 Å². The van der Waals surface area contributed by atoms with Crippen LogP contribution in [0.15, 0.2) is 70.7 Å². The first kappa shape index (κ1) is 13.6. The standard InChI is InChI=1S/C17H15NO2S/c19-17(16-9-5-11-21-16)18(13-15-8-4-10-20-15)12-14-6-2-1-3-7-14/h1-11H,12-13H2. The number of benzene rings is 1. The molecule has 3 aromatic rings. The maximum absolute atomic E-state index is 12.6. The third-order valence-corrected chi connectivity index (χ3v) is 4.02. The van der Waals surface area contributed by atoms with Gasteiger partial charge in [-0.3, -0.25) is 4.79 Å². The van der Waals surface area contributed by atoms with Crippen LogP contribution in [-0.4, -0.2) is 10.8 Å². The predicted octanol–water partition coefficient (Wildman–Crippen LogP) is 4.18. The molecule has 0 saturated carbocycles. The summed E-state index contributed by atoms with van der Waals surface area (Å²) >= 11 is 1.46. The molecule has 106 valence electrons. The van der Waals surface area contributed by atoms with Gasteiger partial charge in [0.1, 0.15) is 5.76 Å². The summed E-state index contributed by atoms with van der Waals surface area (Å²) in [7, 11) is 0. The van der Waals surface area contributed by atoms with Crippen LogP contribution in [0.5, 0.6) is 0 Å². The first-order valence-corrected chi connectivity index (χ1v) is 7.60. The van der Waals surface area contributed by atoms with Crippen LogP contribution in [0.25, 0.3) is 0 Å². The zero-order valence-electron chi connectivity index (χ0n) is 11.4. The lowest BCUT2D eigenvalue weighted by Crippen LogP contribution is -2.29. The van der Waals surface area contributed by atoms with Crippen LogP contribution in [-0.2, 0) is 13.1 Å². The Balaban J connectivity index is 1.82.